The van der Waals surface area contributed by atoms with Gasteiger partial charge in [-0.3, -0.25) is 9.69 Å². The number of likely N-dealkylation sites (tertiary alicyclic amines) is 1. The van der Waals surface area contributed by atoms with E-state index < -0.39 is 17.7 Å². The van der Waals surface area contributed by atoms with Gasteiger partial charge in [0.25, 0.3) is 0 Å². The molecular weight excluding hydrogens is 450 g/mol. The lowest BCUT2D eigenvalue weighted by molar-refractivity contribution is -0.121. The Morgan fingerprint density at radius 1 is 1.37 bits per heavy atom. The van der Waals surface area contributed by atoms with Gasteiger partial charge >= 0.3 is 6.09 Å². The van der Waals surface area contributed by atoms with Gasteiger partial charge < -0.3 is 14.8 Å². The molecule has 1 N–H and O–H groups in total. The molecule has 3 atom stereocenters. The molecular formula is C22H28BrN3O4. The fraction of sp³-hybridized carbons (Fsp3) is 0.500. The van der Waals surface area contributed by atoms with Crippen LogP contribution >= 0.6 is 15.9 Å². The predicted octanol–water partition coefficient (Wildman–Crippen LogP) is 4.40. The molecule has 0 spiro atoms. The third-order valence-electron chi connectivity index (χ3n) is 5.30. The SMILES string of the molecule is C=CCOC[C@]12CC1N(C(=O)OC(C)(C)C)[C@H](C(=O)Nc1nc(Br)ccc1C=C)C2. The Morgan fingerprint density at radius 3 is 2.73 bits per heavy atom. The summed E-state index contributed by atoms with van der Waals surface area (Å²) in [6.07, 6.45) is 4.13. The number of nitrogens with zero attached hydrogens (tertiary/aromatic N) is 2. The minimum Gasteiger partial charge on any atom is -0.444 e. The van der Waals surface area contributed by atoms with E-state index in [1.165, 1.54) is 0 Å². The topological polar surface area (TPSA) is 80.8 Å². The number of carbonyl (C=O) groups is 2. The Balaban J connectivity index is 1.82. The lowest BCUT2D eigenvalue weighted by atomic mass is 10.00. The molecule has 1 aromatic heterocycles. The Morgan fingerprint density at radius 2 is 2.10 bits per heavy atom. The maximum absolute atomic E-state index is 13.2. The first-order valence-corrected chi connectivity index (χ1v) is 10.7. The highest BCUT2D eigenvalue weighted by molar-refractivity contribution is 9.10. The molecule has 7 nitrogen and oxygen atoms in total. The standard InChI is InChI=1S/C22H28BrN3O4/c1-6-10-29-13-22-11-15(26(16(22)12-22)20(28)30-21(3,4)5)19(27)25-18-14(7-2)8-9-17(23)24-18/h6-9,15-16H,1-2,10-13H2,3-5H3,(H,24,25,27)/t15-,16?,22-/m0/s1. The summed E-state index contributed by atoms with van der Waals surface area (Å²) in [6, 6.07) is 2.84. The number of anilines is 1. The van der Waals surface area contributed by atoms with Crippen LogP contribution in [0.4, 0.5) is 10.6 Å². The molecule has 8 heteroatoms. The summed E-state index contributed by atoms with van der Waals surface area (Å²) in [6.45, 7) is 13.8. The first-order chi connectivity index (χ1) is 14.1. The number of ether oxygens (including phenoxy) is 2. The quantitative estimate of drug-likeness (QED) is 0.357. The molecule has 2 aliphatic rings. The maximum Gasteiger partial charge on any atom is 0.411 e. The lowest BCUT2D eigenvalue weighted by Crippen LogP contribution is -2.47. The van der Waals surface area contributed by atoms with Crippen molar-refractivity contribution in [3.05, 3.63) is 41.5 Å². The lowest BCUT2D eigenvalue weighted by Gasteiger charge is -2.29. The highest BCUT2D eigenvalue weighted by Gasteiger charge is 2.68. The second-order valence-corrected chi connectivity index (χ2v) is 9.57. The molecule has 1 aliphatic heterocycles. The van der Waals surface area contributed by atoms with Crippen molar-refractivity contribution in [3.63, 3.8) is 0 Å². The molecule has 1 aromatic rings. The van der Waals surface area contributed by atoms with Gasteiger partial charge in [-0.2, -0.15) is 0 Å². The number of fused-ring (bicyclic) bond motifs is 1. The Hall–Kier alpha value is -2.19. The second-order valence-electron chi connectivity index (χ2n) is 8.76. The van der Waals surface area contributed by atoms with E-state index in [-0.39, 0.29) is 17.4 Å². The van der Waals surface area contributed by atoms with Gasteiger partial charge in [0.15, 0.2) is 0 Å². The van der Waals surface area contributed by atoms with E-state index in [1.807, 2.05) is 26.8 Å². The Labute approximate surface area is 185 Å². The first kappa shape index (κ1) is 22.5. The minimum atomic E-state index is -0.663. The summed E-state index contributed by atoms with van der Waals surface area (Å²) in [5.41, 5.74) is -0.185. The van der Waals surface area contributed by atoms with E-state index in [0.29, 0.717) is 35.6 Å². The largest absolute Gasteiger partial charge is 0.444 e. The molecule has 0 radical (unpaired) electrons. The minimum absolute atomic E-state index is 0.0812. The van der Waals surface area contributed by atoms with Crippen molar-refractivity contribution in [2.24, 2.45) is 5.41 Å². The number of amides is 2. The summed E-state index contributed by atoms with van der Waals surface area (Å²) in [5, 5.41) is 2.86. The molecule has 1 saturated carbocycles. The van der Waals surface area contributed by atoms with Gasteiger partial charge in [-0.1, -0.05) is 18.7 Å². The summed E-state index contributed by atoms with van der Waals surface area (Å²) < 4.78 is 11.9. The molecule has 1 aliphatic carbocycles. The Kier molecular flexibility index (Phi) is 6.38. The average molecular weight is 478 g/mol. The molecule has 2 fully saturated rings. The van der Waals surface area contributed by atoms with Crippen molar-refractivity contribution >= 4 is 39.8 Å². The van der Waals surface area contributed by atoms with Crippen LogP contribution in [0, 0.1) is 5.41 Å². The number of halogens is 1. The van der Waals surface area contributed by atoms with Crippen LogP contribution in [0.15, 0.2) is 36.0 Å². The van der Waals surface area contributed by atoms with Gasteiger partial charge in [-0.05, 0) is 61.7 Å². The van der Waals surface area contributed by atoms with Crippen molar-refractivity contribution in [2.45, 2.75) is 51.3 Å². The van der Waals surface area contributed by atoms with Crippen LogP contribution in [0.1, 0.15) is 39.2 Å². The van der Waals surface area contributed by atoms with Crippen LogP contribution < -0.4 is 5.32 Å². The van der Waals surface area contributed by atoms with Crippen LogP contribution in [0.5, 0.6) is 0 Å². The van der Waals surface area contributed by atoms with Gasteiger partial charge in [0.05, 0.1) is 13.2 Å². The van der Waals surface area contributed by atoms with Gasteiger partial charge in [0.2, 0.25) is 5.91 Å². The number of piperidine rings is 1. The third kappa shape index (κ3) is 4.75. The van der Waals surface area contributed by atoms with Crippen molar-refractivity contribution in [3.8, 4) is 0 Å². The van der Waals surface area contributed by atoms with E-state index in [9.17, 15) is 9.59 Å². The molecule has 0 bridgehead atoms. The highest BCUT2D eigenvalue weighted by Crippen LogP contribution is 2.60. The fourth-order valence-corrected chi connectivity index (χ4v) is 4.21. The first-order valence-electron chi connectivity index (χ1n) is 9.90. The fourth-order valence-electron chi connectivity index (χ4n) is 3.90. The monoisotopic (exact) mass is 477 g/mol. The molecule has 30 heavy (non-hydrogen) atoms. The number of pyridine rings is 1. The van der Waals surface area contributed by atoms with Gasteiger partial charge in [0, 0.05) is 17.0 Å². The summed E-state index contributed by atoms with van der Waals surface area (Å²) in [4.78, 5) is 32.1. The van der Waals surface area contributed by atoms with Crippen molar-refractivity contribution in [2.75, 3.05) is 18.5 Å². The van der Waals surface area contributed by atoms with Gasteiger partial charge in [-0.25, -0.2) is 9.78 Å². The van der Waals surface area contributed by atoms with E-state index in [2.05, 4.69) is 39.4 Å². The normalized spacial score (nSPS) is 24.7. The van der Waals surface area contributed by atoms with Crippen LogP contribution in [0.2, 0.25) is 0 Å². The van der Waals surface area contributed by atoms with Crippen LogP contribution in [-0.4, -0.2) is 52.8 Å². The molecule has 2 amide bonds. The zero-order valence-electron chi connectivity index (χ0n) is 17.6. The highest BCUT2D eigenvalue weighted by atomic mass is 79.9. The predicted molar refractivity (Wildman–Crippen MR) is 119 cm³/mol. The zero-order chi connectivity index (χ0) is 22.1. The van der Waals surface area contributed by atoms with E-state index in [0.717, 1.165) is 6.42 Å². The average Bonchev–Trinajstić information content (AvgIpc) is 3.24. The van der Waals surface area contributed by atoms with E-state index >= 15 is 0 Å². The number of hydrogen-bond donors (Lipinski definition) is 1. The number of carbonyl (C=O) groups excluding carboxylic acids is 2. The number of rotatable bonds is 7. The molecule has 1 saturated heterocycles. The van der Waals surface area contributed by atoms with E-state index in [1.54, 1.807) is 23.1 Å². The van der Waals surface area contributed by atoms with E-state index in [4.69, 9.17) is 9.47 Å². The molecule has 0 aromatic carbocycles. The third-order valence-corrected chi connectivity index (χ3v) is 5.75. The van der Waals surface area contributed by atoms with Crippen molar-refractivity contribution < 1.29 is 19.1 Å². The van der Waals surface area contributed by atoms with Crippen LogP contribution in [0.3, 0.4) is 0 Å². The van der Waals surface area contributed by atoms with Crippen LogP contribution in [0.25, 0.3) is 6.08 Å². The van der Waals surface area contributed by atoms with Crippen molar-refractivity contribution in [1.82, 2.24) is 9.88 Å². The molecule has 2 heterocycles. The zero-order valence-corrected chi connectivity index (χ0v) is 19.2. The summed E-state index contributed by atoms with van der Waals surface area (Å²) in [7, 11) is 0. The van der Waals surface area contributed by atoms with Crippen molar-refractivity contribution in [1.29, 1.82) is 0 Å². The second kappa shape index (κ2) is 8.51. The maximum atomic E-state index is 13.2. The smallest absolute Gasteiger partial charge is 0.411 e. The number of aromatic nitrogens is 1. The molecule has 1 unspecified atom stereocenters. The van der Waals surface area contributed by atoms with Gasteiger partial charge in [-0.15, -0.1) is 6.58 Å². The molecule has 3 rings (SSSR count). The molecule has 162 valence electrons. The van der Waals surface area contributed by atoms with Gasteiger partial charge in [0.1, 0.15) is 22.1 Å². The summed E-state index contributed by atoms with van der Waals surface area (Å²) >= 11 is 3.32. The summed E-state index contributed by atoms with van der Waals surface area (Å²) in [5.74, 6) is 0.0934. The Bertz CT molecular complexity index is 866. The number of hydrogen-bond acceptors (Lipinski definition) is 5. The van der Waals surface area contributed by atoms with Crippen LogP contribution in [-0.2, 0) is 14.3 Å². The number of nitrogens with one attached hydrogen (secondary N) is 1.